The Hall–Kier alpha value is -1.99. The molecule has 1 amide bonds. The quantitative estimate of drug-likeness (QED) is 0.806. The van der Waals surface area contributed by atoms with Crippen molar-refractivity contribution in [2.45, 2.75) is 6.42 Å². The van der Waals surface area contributed by atoms with Crippen LogP contribution in [0.25, 0.3) is 10.7 Å². The SMILES string of the molecule is Cn1nc(-c2cccs2)nc1NC(=O)Cc1cccs1. The van der Waals surface area contributed by atoms with Gasteiger partial charge in [-0.15, -0.1) is 27.8 Å². The highest BCUT2D eigenvalue weighted by Gasteiger charge is 2.13. The molecule has 0 saturated heterocycles. The van der Waals surface area contributed by atoms with Crippen LogP contribution >= 0.6 is 22.7 Å². The van der Waals surface area contributed by atoms with E-state index in [0.29, 0.717) is 18.2 Å². The summed E-state index contributed by atoms with van der Waals surface area (Å²) in [5.74, 6) is 1.02. The van der Waals surface area contributed by atoms with Crippen molar-refractivity contribution in [2.75, 3.05) is 5.32 Å². The Labute approximate surface area is 123 Å². The standard InChI is InChI=1S/C13H12N4OS2/c1-17-13(14-11(18)8-9-4-2-6-19-9)15-12(16-17)10-5-3-7-20-10/h2-7H,8H2,1H3,(H,14,15,16,18). The van der Waals surface area contributed by atoms with Gasteiger partial charge < -0.3 is 0 Å². The third-order valence-corrected chi connectivity index (χ3v) is 4.41. The Morgan fingerprint density at radius 1 is 1.30 bits per heavy atom. The summed E-state index contributed by atoms with van der Waals surface area (Å²) in [4.78, 5) is 18.3. The number of nitrogens with one attached hydrogen (secondary N) is 1. The molecule has 3 aromatic rings. The molecule has 5 nitrogen and oxygen atoms in total. The Morgan fingerprint density at radius 3 is 2.80 bits per heavy atom. The minimum absolute atomic E-state index is 0.0827. The molecule has 0 aliphatic carbocycles. The molecular weight excluding hydrogens is 292 g/mol. The molecular formula is C13H12N4OS2. The average molecular weight is 304 g/mol. The predicted molar refractivity (Wildman–Crippen MR) is 81.0 cm³/mol. The van der Waals surface area contributed by atoms with E-state index in [-0.39, 0.29) is 5.91 Å². The van der Waals surface area contributed by atoms with Crippen molar-refractivity contribution in [1.29, 1.82) is 0 Å². The molecule has 0 aliphatic heterocycles. The number of rotatable bonds is 4. The Kier molecular flexibility index (Phi) is 3.62. The van der Waals surface area contributed by atoms with Gasteiger partial charge in [-0.2, -0.15) is 4.98 Å². The highest BCUT2D eigenvalue weighted by molar-refractivity contribution is 7.13. The van der Waals surface area contributed by atoms with Crippen LogP contribution in [0, 0.1) is 0 Å². The zero-order chi connectivity index (χ0) is 13.9. The molecule has 20 heavy (non-hydrogen) atoms. The summed E-state index contributed by atoms with van der Waals surface area (Å²) in [5, 5.41) is 11.0. The van der Waals surface area contributed by atoms with Crippen molar-refractivity contribution in [3.63, 3.8) is 0 Å². The number of amides is 1. The molecule has 0 fully saturated rings. The van der Waals surface area contributed by atoms with Gasteiger partial charge in [-0.25, -0.2) is 4.68 Å². The lowest BCUT2D eigenvalue weighted by molar-refractivity contribution is -0.115. The Balaban J connectivity index is 1.73. The summed E-state index contributed by atoms with van der Waals surface area (Å²) in [6.07, 6.45) is 0.360. The molecule has 3 aromatic heterocycles. The van der Waals surface area contributed by atoms with Gasteiger partial charge in [0.05, 0.1) is 11.3 Å². The number of hydrogen-bond acceptors (Lipinski definition) is 5. The van der Waals surface area contributed by atoms with Crippen LogP contribution in [0.2, 0.25) is 0 Å². The molecule has 0 aliphatic rings. The monoisotopic (exact) mass is 304 g/mol. The summed E-state index contributed by atoms with van der Waals surface area (Å²) in [6.45, 7) is 0. The van der Waals surface area contributed by atoms with E-state index in [1.165, 1.54) is 0 Å². The lowest BCUT2D eigenvalue weighted by Crippen LogP contribution is -2.16. The third-order valence-electron chi connectivity index (χ3n) is 2.67. The van der Waals surface area contributed by atoms with E-state index in [4.69, 9.17) is 0 Å². The van der Waals surface area contributed by atoms with Crippen LogP contribution in [0.5, 0.6) is 0 Å². The van der Waals surface area contributed by atoms with Crippen molar-refractivity contribution in [3.05, 3.63) is 39.9 Å². The Morgan fingerprint density at radius 2 is 2.10 bits per heavy atom. The molecule has 3 heterocycles. The molecule has 3 rings (SSSR count). The molecule has 7 heteroatoms. The number of aryl methyl sites for hydroxylation is 1. The van der Waals surface area contributed by atoms with E-state index < -0.39 is 0 Å². The maximum atomic E-state index is 11.9. The fraction of sp³-hybridized carbons (Fsp3) is 0.154. The van der Waals surface area contributed by atoms with Crippen LogP contribution in [-0.4, -0.2) is 20.7 Å². The molecule has 0 atom stereocenters. The second-order valence-electron chi connectivity index (χ2n) is 4.16. The smallest absolute Gasteiger partial charge is 0.231 e. The van der Waals surface area contributed by atoms with Gasteiger partial charge in [-0.05, 0) is 22.9 Å². The van der Waals surface area contributed by atoms with Gasteiger partial charge in [0.2, 0.25) is 11.9 Å². The van der Waals surface area contributed by atoms with Crippen molar-refractivity contribution in [1.82, 2.24) is 14.8 Å². The maximum Gasteiger partial charge on any atom is 0.231 e. The third kappa shape index (κ3) is 2.78. The topological polar surface area (TPSA) is 59.8 Å². The van der Waals surface area contributed by atoms with E-state index in [1.807, 2.05) is 35.0 Å². The number of anilines is 1. The van der Waals surface area contributed by atoms with Crippen LogP contribution in [0.4, 0.5) is 5.95 Å². The second-order valence-corrected chi connectivity index (χ2v) is 6.14. The van der Waals surface area contributed by atoms with Gasteiger partial charge >= 0.3 is 0 Å². The zero-order valence-corrected chi connectivity index (χ0v) is 12.4. The van der Waals surface area contributed by atoms with Crippen molar-refractivity contribution in [3.8, 4) is 10.7 Å². The lowest BCUT2D eigenvalue weighted by atomic mass is 10.3. The minimum Gasteiger partial charge on any atom is -0.294 e. The summed E-state index contributed by atoms with van der Waals surface area (Å²) >= 11 is 3.14. The number of nitrogens with zero attached hydrogens (tertiary/aromatic N) is 3. The summed E-state index contributed by atoms with van der Waals surface area (Å²) in [6, 6.07) is 7.78. The van der Waals surface area contributed by atoms with E-state index in [9.17, 15) is 4.79 Å². The summed E-state index contributed by atoms with van der Waals surface area (Å²) < 4.78 is 1.58. The number of aromatic nitrogens is 3. The molecule has 0 saturated carbocycles. The first-order valence-corrected chi connectivity index (χ1v) is 7.75. The van der Waals surface area contributed by atoms with Gasteiger partial charge in [0, 0.05) is 11.9 Å². The second kappa shape index (κ2) is 5.56. The van der Waals surface area contributed by atoms with E-state index in [2.05, 4.69) is 15.4 Å². The number of carbonyl (C=O) groups is 1. The van der Waals surface area contributed by atoms with Crippen LogP contribution in [-0.2, 0) is 18.3 Å². The molecule has 0 unspecified atom stereocenters. The van der Waals surface area contributed by atoms with Crippen molar-refractivity contribution >= 4 is 34.5 Å². The molecule has 0 aromatic carbocycles. The molecule has 1 N–H and O–H groups in total. The number of carbonyl (C=O) groups excluding carboxylic acids is 1. The highest BCUT2D eigenvalue weighted by Crippen LogP contribution is 2.22. The minimum atomic E-state index is -0.0827. The van der Waals surface area contributed by atoms with E-state index in [1.54, 1.807) is 34.4 Å². The highest BCUT2D eigenvalue weighted by atomic mass is 32.1. The fourth-order valence-electron chi connectivity index (χ4n) is 1.74. The maximum absolute atomic E-state index is 11.9. The molecule has 102 valence electrons. The zero-order valence-electron chi connectivity index (χ0n) is 10.7. The van der Waals surface area contributed by atoms with E-state index in [0.717, 1.165) is 9.75 Å². The Bertz CT molecular complexity index is 701. The van der Waals surface area contributed by atoms with Crippen LogP contribution in [0.3, 0.4) is 0 Å². The lowest BCUT2D eigenvalue weighted by Gasteiger charge is -2.01. The van der Waals surface area contributed by atoms with Gasteiger partial charge in [-0.1, -0.05) is 12.1 Å². The van der Waals surface area contributed by atoms with Gasteiger partial charge in [0.25, 0.3) is 0 Å². The predicted octanol–water partition coefficient (Wildman–Crippen LogP) is 2.79. The van der Waals surface area contributed by atoms with Gasteiger partial charge in [0.15, 0.2) is 5.82 Å². The molecule has 0 bridgehead atoms. The van der Waals surface area contributed by atoms with Gasteiger partial charge in [0.1, 0.15) is 0 Å². The molecule has 0 radical (unpaired) electrons. The van der Waals surface area contributed by atoms with Crippen LogP contribution < -0.4 is 5.32 Å². The van der Waals surface area contributed by atoms with Crippen molar-refractivity contribution < 1.29 is 4.79 Å². The first kappa shape index (κ1) is 13.0. The van der Waals surface area contributed by atoms with E-state index >= 15 is 0 Å². The number of hydrogen-bond donors (Lipinski definition) is 1. The number of thiophene rings is 2. The fourth-order valence-corrected chi connectivity index (χ4v) is 3.10. The van der Waals surface area contributed by atoms with Crippen molar-refractivity contribution in [2.24, 2.45) is 7.05 Å². The first-order valence-electron chi connectivity index (χ1n) is 5.99. The summed E-state index contributed by atoms with van der Waals surface area (Å²) in [7, 11) is 1.77. The average Bonchev–Trinajstić information content (AvgIpc) is 3.12. The normalized spacial score (nSPS) is 10.7. The largest absolute Gasteiger partial charge is 0.294 e. The van der Waals surface area contributed by atoms with Crippen LogP contribution in [0.15, 0.2) is 35.0 Å². The summed E-state index contributed by atoms with van der Waals surface area (Å²) in [5.41, 5.74) is 0. The van der Waals surface area contributed by atoms with Crippen LogP contribution in [0.1, 0.15) is 4.88 Å². The molecule has 0 spiro atoms. The first-order chi connectivity index (χ1) is 9.72. The van der Waals surface area contributed by atoms with Gasteiger partial charge in [-0.3, -0.25) is 10.1 Å².